The Morgan fingerprint density at radius 2 is 1.50 bits per heavy atom. The summed E-state index contributed by atoms with van der Waals surface area (Å²) in [6.45, 7) is -0.300. The molecule has 5 aromatic rings. The first-order valence-electron chi connectivity index (χ1n) is 10.9. The molecule has 180 valence electrons. The van der Waals surface area contributed by atoms with Gasteiger partial charge in [-0.1, -0.05) is 77.8 Å². The lowest BCUT2D eigenvalue weighted by Gasteiger charge is -2.16. The highest BCUT2D eigenvalue weighted by Crippen LogP contribution is 2.39. The molecule has 0 amide bonds. The molecule has 0 bridgehead atoms. The van der Waals surface area contributed by atoms with Gasteiger partial charge >= 0.3 is 6.18 Å². The first-order chi connectivity index (χ1) is 17.3. The van der Waals surface area contributed by atoms with Gasteiger partial charge in [0.1, 0.15) is 23.6 Å². The number of rotatable bonds is 5. The summed E-state index contributed by atoms with van der Waals surface area (Å²) in [5, 5.41) is 10.3. The van der Waals surface area contributed by atoms with Crippen LogP contribution in [0.1, 0.15) is 11.1 Å². The monoisotopic (exact) mass is 524 g/mol. The Morgan fingerprint density at radius 3 is 2.28 bits per heavy atom. The number of benzene rings is 4. The molecular weight excluding hydrogens is 508 g/mol. The summed E-state index contributed by atoms with van der Waals surface area (Å²) in [5.74, 6) is 0.395. The second-order valence-corrected chi connectivity index (χ2v) is 8.89. The van der Waals surface area contributed by atoms with Crippen molar-refractivity contribution in [2.75, 3.05) is 0 Å². The molecule has 0 saturated heterocycles. The van der Waals surface area contributed by atoms with Crippen molar-refractivity contribution < 1.29 is 17.9 Å². The third-order valence-corrected chi connectivity index (χ3v) is 6.22. The van der Waals surface area contributed by atoms with Crippen LogP contribution in [0, 0.1) is 0 Å². The molecule has 0 N–H and O–H groups in total. The molecule has 0 unspecified atom stereocenters. The minimum atomic E-state index is -4.52. The van der Waals surface area contributed by atoms with Gasteiger partial charge in [0.15, 0.2) is 0 Å². The van der Waals surface area contributed by atoms with Gasteiger partial charge in [-0.15, -0.1) is 10.2 Å². The average Bonchev–Trinajstić information content (AvgIpc) is 2.87. The van der Waals surface area contributed by atoms with Crippen LogP contribution >= 0.6 is 23.2 Å². The Kier molecular flexibility index (Phi) is 6.56. The molecular formula is C28H17Cl2F3N2O. The zero-order chi connectivity index (χ0) is 25.3. The van der Waals surface area contributed by atoms with E-state index in [9.17, 15) is 13.2 Å². The minimum absolute atomic E-state index is 0.0480. The highest BCUT2D eigenvalue weighted by molar-refractivity contribution is 6.35. The highest BCUT2D eigenvalue weighted by Gasteiger charge is 2.33. The summed E-state index contributed by atoms with van der Waals surface area (Å²) >= 11 is 12.3. The normalized spacial score (nSPS) is 11.6. The van der Waals surface area contributed by atoms with Gasteiger partial charge in [-0.2, -0.15) is 13.2 Å². The molecule has 0 atom stereocenters. The van der Waals surface area contributed by atoms with E-state index in [1.165, 1.54) is 12.1 Å². The highest BCUT2D eigenvalue weighted by atomic mass is 35.5. The van der Waals surface area contributed by atoms with E-state index in [1.807, 2.05) is 48.5 Å². The molecule has 4 aromatic carbocycles. The Hall–Kier alpha value is -3.61. The van der Waals surface area contributed by atoms with E-state index in [2.05, 4.69) is 10.2 Å². The van der Waals surface area contributed by atoms with Crippen LogP contribution in [0.3, 0.4) is 0 Å². The summed E-state index contributed by atoms with van der Waals surface area (Å²) in [7, 11) is 0. The molecule has 8 heteroatoms. The van der Waals surface area contributed by atoms with Crippen molar-refractivity contribution in [2.24, 2.45) is 0 Å². The number of ether oxygens (including phenoxy) is 1. The van der Waals surface area contributed by atoms with Crippen molar-refractivity contribution in [1.29, 1.82) is 0 Å². The molecule has 1 aromatic heterocycles. The van der Waals surface area contributed by atoms with Gasteiger partial charge in [-0.05, 0) is 42.0 Å². The van der Waals surface area contributed by atoms with Crippen LogP contribution in [-0.2, 0) is 12.8 Å². The fourth-order valence-electron chi connectivity index (χ4n) is 4.05. The van der Waals surface area contributed by atoms with Gasteiger partial charge in [0, 0.05) is 27.1 Å². The van der Waals surface area contributed by atoms with Crippen molar-refractivity contribution >= 4 is 34.1 Å². The van der Waals surface area contributed by atoms with Crippen molar-refractivity contribution in [3.05, 3.63) is 112 Å². The number of nitrogens with zero attached hydrogens (tertiary/aromatic N) is 2. The lowest BCUT2D eigenvalue weighted by atomic mass is 9.95. The third kappa shape index (κ3) is 4.87. The van der Waals surface area contributed by atoms with E-state index in [0.29, 0.717) is 22.0 Å². The Morgan fingerprint density at radius 1 is 0.750 bits per heavy atom. The van der Waals surface area contributed by atoms with Crippen LogP contribution in [0.4, 0.5) is 13.2 Å². The third-order valence-electron chi connectivity index (χ3n) is 5.68. The Labute approximate surface area is 215 Å². The molecule has 0 aliphatic carbocycles. The molecule has 3 nitrogen and oxygen atoms in total. The summed E-state index contributed by atoms with van der Waals surface area (Å²) in [5.41, 5.74) is 2.78. The van der Waals surface area contributed by atoms with Gasteiger partial charge in [-0.3, -0.25) is 0 Å². The molecule has 0 fully saturated rings. The summed E-state index contributed by atoms with van der Waals surface area (Å²) in [6.07, 6.45) is -4.52. The number of aromatic nitrogens is 2. The van der Waals surface area contributed by atoms with E-state index >= 15 is 0 Å². The molecule has 0 saturated carbocycles. The second kappa shape index (κ2) is 9.80. The van der Waals surface area contributed by atoms with Crippen LogP contribution in [0.15, 0.2) is 91.0 Å². The first kappa shape index (κ1) is 24.1. The molecule has 36 heavy (non-hydrogen) atoms. The summed E-state index contributed by atoms with van der Waals surface area (Å²) in [6, 6.07) is 25.6. The molecule has 0 radical (unpaired) electrons. The quantitative estimate of drug-likeness (QED) is 0.230. The van der Waals surface area contributed by atoms with E-state index in [-0.39, 0.29) is 17.2 Å². The largest absolute Gasteiger partial charge is 0.489 e. The molecule has 0 spiro atoms. The zero-order valence-electron chi connectivity index (χ0n) is 18.6. The SMILES string of the molecule is FC(F)(F)c1ccc(Cl)cc1COc1cccc(-c2c(-c3ccccc3)nnc3c(Cl)cccc23)c1. The van der Waals surface area contributed by atoms with E-state index in [0.717, 1.165) is 28.1 Å². The number of fused-ring (bicyclic) bond motifs is 1. The Balaban J connectivity index is 1.58. The van der Waals surface area contributed by atoms with Gasteiger partial charge in [0.25, 0.3) is 0 Å². The van der Waals surface area contributed by atoms with Crippen molar-refractivity contribution in [2.45, 2.75) is 12.8 Å². The number of hydrogen-bond acceptors (Lipinski definition) is 3. The van der Waals surface area contributed by atoms with E-state index in [1.54, 1.807) is 24.3 Å². The van der Waals surface area contributed by atoms with E-state index < -0.39 is 11.7 Å². The summed E-state index contributed by atoms with van der Waals surface area (Å²) < 4.78 is 46.2. The van der Waals surface area contributed by atoms with Gasteiger partial charge in [0.05, 0.1) is 10.6 Å². The molecule has 0 aliphatic heterocycles. The lowest BCUT2D eigenvalue weighted by Crippen LogP contribution is -2.11. The maximum Gasteiger partial charge on any atom is 0.416 e. The van der Waals surface area contributed by atoms with Gasteiger partial charge < -0.3 is 4.74 Å². The molecule has 0 aliphatic rings. The standard InChI is InChI=1S/C28H17Cl2F3N2O/c29-20-12-13-23(28(31,32)33)19(14-20)16-36-21-9-4-8-18(15-21)25-22-10-5-11-24(30)27(22)35-34-26(25)17-6-2-1-3-7-17/h1-15H,16H2. The fraction of sp³-hybridized carbons (Fsp3) is 0.0714. The Bertz CT molecular complexity index is 1560. The van der Waals surface area contributed by atoms with Crippen LogP contribution in [0.25, 0.3) is 33.3 Å². The lowest BCUT2D eigenvalue weighted by molar-refractivity contribution is -0.138. The fourth-order valence-corrected chi connectivity index (χ4v) is 4.45. The number of hydrogen-bond donors (Lipinski definition) is 0. The van der Waals surface area contributed by atoms with Crippen molar-refractivity contribution in [3.63, 3.8) is 0 Å². The minimum Gasteiger partial charge on any atom is -0.489 e. The molecule has 5 rings (SSSR count). The van der Waals surface area contributed by atoms with Crippen molar-refractivity contribution in [3.8, 4) is 28.1 Å². The van der Waals surface area contributed by atoms with Gasteiger partial charge in [-0.25, -0.2) is 0 Å². The van der Waals surface area contributed by atoms with Crippen LogP contribution in [0.5, 0.6) is 5.75 Å². The zero-order valence-corrected chi connectivity index (χ0v) is 20.1. The maximum absolute atomic E-state index is 13.5. The van der Waals surface area contributed by atoms with Crippen molar-refractivity contribution in [1.82, 2.24) is 10.2 Å². The maximum atomic E-state index is 13.5. The topological polar surface area (TPSA) is 35.0 Å². The molecule has 1 heterocycles. The van der Waals surface area contributed by atoms with Crippen LogP contribution in [0.2, 0.25) is 10.0 Å². The van der Waals surface area contributed by atoms with Gasteiger partial charge in [0.2, 0.25) is 0 Å². The van der Waals surface area contributed by atoms with E-state index in [4.69, 9.17) is 27.9 Å². The predicted molar refractivity (Wildman–Crippen MR) is 136 cm³/mol. The number of halogens is 5. The van der Waals surface area contributed by atoms with Crippen LogP contribution < -0.4 is 4.74 Å². The van der Waals surface area contributed by atoms with Crippen LogP contribution in [-0.4, -0.2) is 10.2 Å². The first-order valence-corrected chi connectivity index (χ1v) is 11.7. The predicted octanol–water partition coefficient (Wildman–Crippen LogP) is 8.87. The smallest absolute Gasteiger partial charge is 0.416 e. The average molecular weight is 525 g/mol. The summed E-state index contributed by atoms with van der Waals surface area (Å²) in [4.78, 5) is 0. The second-order valence-electron chi connectivity index (χ2n) is 8.04. The number of alkyl halides is 3.